The van der Waals surface area contributed by atoms with Gasteiger partial charge in [0, 0.05) is 0 Å². The maximum atomic E-state index is 12.4. The normalized spacial score (nSPS) is 16.7. The number of halogens is 1. The molecule has 0 aromatic heterocycles. The zero-order valence-electron chi connectivity index (χ0n) is 6.19. The van der Waals surface area contributed by atoms with Crippen molar-refractivity contribution in [2.75, 3.05) is 0 Å². The van der Waals surface area contributed by atoms with Crippen molar-refractivity contribution in [2.45, 2.75) is 26.9 Å². The van der Waals surface area contributed by atoms with Crippen molar-refractivity contribution in [3.63, 3.8) is 0 Å². The van der Waals surface area contributed by atoms with Crippen LogP contribution in [0.3, 0.4) is 0 Å². The van der Waals surface area contributed by atoms with E-state index in [9.17, 15) is 4.39 Å². The molecule has 0 heterocycles. The second-order valence-corrected chi connectivity index (χ2v) is 1.90. The molecule has 0 fully saturated rings. The molecule has 0 aromatic rings. The van der Waals surface area contributed by atoms with Gasteiger partial charge < -0.3 is 0 Å². The molecule has 0 rings (SSSR count). The molecule has 0 amide bonds. The van der Waals surface area contributed by atoms with Crippen LogP contribution < -0.4 is 0 Å². The van der Waals surface area contributed by atoms with Crippen LogP contribution in [-0.2, 0) is 0 Å². The van der Waals surface area contributed by atoms with Crippen molar-refractivity contribution >= 4 is 0 Å². The lowest BCUT2D eigenvalue weighted by atomic mass is 10.1. The standard InChI is InChI=1S/C8H13F/c1-4-6-8(5-2)7(3)9/h4-7H,1-3H3/b6-4-,8-5+. The van der Waals surface area contributed by atoms with Gasteiger partial charge in [0.25, 0.3) is 0 Å². The molecule has 1 heteroatoms. The molecule has 0 saturated carbocycles. The molecule has 0 aliphatic rings. The van der Waals surface area contributed by atoms with Crippen LogP contribution in [0, 0.1) is 0 Å². The molecule has 0 aliphatic heterocycles. The lowest BCUT2D eigenvalue weighted by Gasteiger charge is -1.99. The minimum atomic E-state index is -0.841. The van der Waals surface area contributed by atoms with Crippen LogP contribution in [-0.4, -0.2) is 6.17 Å². The highest BCUT2D eigenvalue weighted by Crippen LogP contribution is 2.06. The summed E-state index contributed by atoms with van der Waals surface area (Å²) in [5.41, 5.74) is 0.748. The quantitative estimate of drug-likeness (QED) is 0.501. The van der Waals surface area contributed by atoms with E-state index in [0.717, 1.165) is 5.57 Å². The van der Waals surface area contributed by atoms with Crippen LogP contribution >= 0.6 is 0 Å². The van der Waals surface area contributed by atoms with Crippen molar-refractivity contribution < 1.29 is 4.39 Å². The lowest BCUT2D eigenvalue weighted by Crippen LogP contribution is -1.93. The average molecular weight is 128 g/mol. The van der Waals surface area contributed by atoms with Crippen LogP contribution in [0.4, 0.5) is 4.39 Å². The topological polar surface area (TPSA) is 0 Å². The first-order valence-corrected chi connectivity index (χ1v) is 3.15. The summed E-state index contributed by atoms with van der Waals surface area (Å²) in [6.07, 6.45) is 4.56. The zero-order chi connectivity index (χ0) is 7.28. The van der Waals surface area contributed by atoms with E-state index >= 15 is 0 Å². The summed E-state index contributed by atoms with van der Waals surface area (Å²) in [7, 11) is 0. The average Bonchev–Trinajstić information content (AvgIpc) is 1.82. The summed E-state index contributed by atoms with van der Waals surface area (Å²) < 4.78 is 12.4. The van der Waals surface area contributed by atoms with E-state index in [-0.39, 0.29) is 0 Å². The SMILES string of the molecule is C/C=C\C(=C/C)C(C)F. The summed E-state index contributed by atoms with van der Waals surface area (Å²) >= 11 is 0. The monoisotopic (exact) mass is 128 g/mol. The third kappa shape index (κ3) is 3.07. The van der Waals surface area contributed by atoms with Crippen LogP contribution in [0.5, 0.6) is 0 Å². The number of hydrogen-bond donors (Lipinski definition) is 0. The fraction of sp³-hybridized carbons (Fsp3) is 0.500. The number of alkyl halides is 1. The molecule has 0 bridgehead atoms. The Hall–Kier alpha value is -0.590. The Morgan fingerprint density at radius 3 is 2.11 bits per heavy atom. The maximum absolute atomic E-state index is 12.4. The van der Waals surface area contributed by atoms with Crippen LogP contribution in [0.2, 0.25) is 0 Å². The van der Waals surface area contributed by atoms with Crippen LogP contribution in [0.25, 0.3) is 0 Å². The van der Waals surface area contributed by atoms with Gasteiger partial charge in [-0.25, -0.2) is 4.39 Å². The Labute approximate surface area is 56.1 Å². The molecule has 0 N–H and O–H groups in total. The first-order chi connectivity index (χ1) is 4.22. The van der Waals surface area contributed by atoms with Gasteiger partial charge in [0.1, 0.15) is 6.17 Å². The molecule has 0 saturated heterocycles. The zero-order valence-corrected chi connectivity index (χ0v) is 6.19. The summed E-state index contributed by atoms with van der Waals surface area (Å²) in [5, 5.41) is 0. The molecule has 0 aromatic carbocycles. The van der Waals surface area contributed by atoms with Gasteiger partial charge in [-0.2, -0.15) is 0 Å². The van der Waals surface area contributed by atoms with Crippen molar-refractivity contribution in [2.24, 2.45) is 0 Å². The Bertz CT molecular complexity index is 121. The summed E-state index contributed by atoms with van der Waals surface area (Å²) in [6, 6.07) is 0. The highest BCUT2D eigenvalue weighted by Gasteiger charge is 1.98. The van der Waals surface area contributed by atoms with Crippen LogP contribution in [0.15, 0.2) is 23.8 Å². The molecular weight excluding hydrogens is 115 g/mol. The molecule has 0 spiro atoms. The Morgan fingerprint density at radius 2 is 2.00 bits per heavy atom. The van der Waals surface area contributed by atoms with E-state index in [4.69, 9.17) is 0 Å². The number of allylic oxidation sites excluding steroid dienone is 4. The first kappa shape index (κ1) is 8.41. The van der Waals surface area contributed by atoms with E-state index < -0.39 is 6.17 Å². The summed E-state index contributed by atoms with van der Waals surface area (Å²) in [5.74, 6) is 0. The molecule has 0 radical (unpaired) electrons. The molecule has 0 nitrogen and oxygen atoms in total. The van der Waals surface area contributed by atoms with E-state index in [0.29, 0.717) is 0 Å². The van der Waals surface area contributed by atoms with Gasteiger partial charge in [0.2, 0.25) is 0 Å². The predicted octanol–water partition coefficient (Wildman–Crippen LogP) is 2.87. The largest absolute Gasteiger partial charge is 0.243 e. The second kappa shape index (κ2) is 4.30. The van der Waals surface area contributed by atoms with Gasteiger partial charge in [0.05, 0.1) is 0 Å². The first-order valence-electron chi connectivity index (χ1n) is 3.15. The molecule has 0 aliphatic carbocycles. The summed E-state index contributed by atoms with van der Waals surface area (Å²) in [6.45, 7) is 5.26. The summed E-state index contributed by atoms with van der Waals surface area (Å²) in [4.78, 5) is 0. The molecule has 52 valence electrons. The number of hydrogen-bond acceptors (Lipinski definition) is 0. The van der Waals surface area contributed by atoms with Crippen molar-refractivity contribution in [3.05, 3.63) is 23.8 Å². The highest BCUT2D eigenvalue weighted by atomic mass is 19.1. The maximum Gasteiger partial charge on any atom is 0.122 e. The Balaban J connectivity index is 4.01. The van der Waals surface area contributed by atoms with Gasteiger partial charge in [-0.15, -0.1) is 0 Å². The van der Waals surface area contributed by atoms with Crippen molar-refractivity contribution in [1.29, 1.82) is 0 Å². The Kier molecular flexibility index (Phi) is 4.02. The smallest absolute Gasteiger partial charge is 0.122 e. The second-order valence-electron chi connectivity index (χ2n) is 1.90. The minimum Gasteiger partial charge on any atom is -0.243 e. The number of rotatable bonds is 2. The van der Waals surface area contributed by atoms with Crippen LogP contribution in [0.1, 0.15) is 20.8 Å². The van der Waals surface area contributed by atoms with E-state index in [1.807, 2.05) is 19.9 Å². The van der Waals surface area contributed by atoms with Gasteiger partial charge in [-0.1, -0.05) is 18.2 Å². The molecule has 9 heavy (non-hydrogen) atoms. The lowest BCUT2D eigenvalue weighted by molar-refractivity contribution is 0.417. The van der Waals surface area contributed by atoms with Gasteiger partial charge in [-0.05, 0) is 26.3 Å². The molecule has 1 atom stereocenters. The Morgan fingerprint density at radius 1 is 1.44 bits per heavy atom. The third-order valence-electron chi connectivity index (χ3n) is 1.15. The van der Waals surface area contributed by atoms with E-state index in [1.165, 1.54) is 6.92 Å². The van der Waals surface area contributed by atoms with E-state index in [1.54, 1.807) is 12.2 Å². The highest BCUT2D eigenvalue weighted by molar-refractivity contribution is 5.20. The van der Waals surface area contributed by atoms with Crippen molar-refractivity contribution in [3.8, 4) is 0 Å². The van der Waals surface area contributed by atoms with E-state index in [2.05, 4.69) is 0 Å². The minimum absolute atomic E-state index is 0.748. The fourth-order valence-corrected chi connectivity index (χ4v) is 0.651. The van der Waals surface area contributed by atoms with Gasteiger partial charge in [0.15, 0.2) is 0 Å². The predicted molar refractivity (Wildman–Crippen MR) is 39.1 cm³/mol. The molecular formula is C8H13F. The van der Waals surface area contributed by atoms with Crippen molar-refractivity contribution in [1.82, 2.24) is 0 Å². The third-order valence-corrected chi connectivity index (χ3v) is 1.15. The van der Waals surface area contributed by atoms with Gasteiger partial charge >= 0.3 is 0 Å². The fourth-order valence-electron chi connectivity index (χ4n) is 0.651. The molecule has 1 unspecified atom stereocenters. The van der Waals surface area contributed by atoms with Gasteiger partial charge in [-0.3, -0.25) is 0 Å².